The van der Waals surface area contributed by atoms with Crippen LogP contribution in [-0.4, -0.2) is 25.3 Å². The van der Waals surface area contributed by atoms with Crippen LogP contribution in [0.5, 0.6) is 0 Å². The topological polar surface area (TPSA) is 63.4 Å². The Bertz CT molecular complexity index is 655. The number of nitrogens with two attached hydrogens (primary N) is 1. The molecule has 7 heteroatoms. The molecule has 0 heterocycles. The number of nitrogens with zero attached hydrogens (tertiary/aromatic N) is 1. The van der Waals surface area contributed by atoms with Crippen molar-refractivity contribution in [1.82, 2.24) is 4.31 Å². The molecule has 0 radical (unpaired) electrons. The van der Waals surface area contributed by atoms with Gasteiger partial charge in [0.25, 0.3) is 0 Å². The summed E-state index contributed by atoms with van der Waals surface area (Å²) in [6.45, 7) is 0.0643. The molecule has 0 saturated heterocycles. The van der Waals surface area contributed by atoms with Crippen molar-refractivity contribution in [2.24, 2.45) is 11.7 Å². The van der Waals surface area contributed by atoms with Crippen molar-refractivity contribution in [3.8, 4) is 0 Å². The Hall–Kier alpha value is -1.05. The van der Waals surface area contributed by atoms with Gasteiger partial charge in [-0.3, -0.25) is 0 Å². The molecule has 1 aromatic carbocycles. The van der Waals surface area contributed by atoms with Gasteiger partial charge in [0.2, 0.25) is 10.0 Å². The van der Waals surface area contributed by atoms with E-state index in [4.69, 9.17) is 5.73 Å². The number of halogens is 2. The van der Waals surface area contributed by atoms with Gasteiger partial charge < -0.3 is 5.73 Å². The zero-order chi connectivity index (χ0) is 15.2. The molecule has 2 saturated carbocycles. The zero-order valence-corrected chi connectivity index (χ0v) is 12.4. The molecule has 3 rings (SSSR count). The summed E-state index contributed by atoms with van der Waals surface area (Å²) in [7, 11) is -3.94. The van der Waals surface area contributed by atoms with Crippen molar-refractivity contribution >= 4 is 10.0 Å². The quantitative estimate of drug-likeness (QED) is 0.873. The smallest absolute Gasteiger partial charge is 0.246 e. The Labute approximate surface area is 123 Å². The van der Waals surface area contributed by atoms with E-state index >= 15 is 0 Å². The van der Waals surface area contributed by atoms with Gasteiger partial charge in [0, 0.05) is 24.7 Å². The molecule has 2 N–H and O–H groups in total. The molecule has 1 aromatic rings. The Morgan fingerprint density at radius 1 is 1.19 bits per heavy atom. The monoisotopic (exact) mass is 316 g/mol. The lowest BCUT2D eigenvalue weighted by atomic mass is 10.2. The standard InChI is InChI=1S/C14H18F2N2O2S/c15-12-5-6-13(14(16)11(12)7-17)21(19,20)18(10-3-4-10)8-9-1-2-9/h5-6,9-10H,1-4,7-8,17H2. The first kappa shape index (κ1) is 14.9. The van der Waals surface area contributed by atoms with E-state index in [9.17, 15) is 17.2 Å². The third-order valence-electron chi connectivity index (χ3n) is 4.03. The van der Waals surface area contributed by atoms with E-state index in [0.717, 1.165) is 37.8 Å². The molecule has 0 atom stereocenters. The van der Waals surface area contributed by atoms with E-state index in [1.54, 1.807) is 0 Å². The molecule has 2 aliphatic rings. The minimum atomic E-state index is -3.94. The van der Waals surface area contributed by atoms with Gasteiger partial charge >= 0.3 is 0 Å². The van der Waals surface area contributed by atoms with Crippen molar-refractivity contribution in [1.29, 1.82) is 0 Å². The molecule has 0 aliphatic heterocycles. The minimum Gasteiger partial charge on any atom is -0.326 e. The summed E-state index contributed by atoms with van der Waals surface area (Å²) >= 11 is 0. The Balaban J connectivity index is 2.00. The summed E-state index contributed by atoms with van der Waals surface area (Å²) in [5.74, 6) is -1.49. The highest BCUT2D eigenvalue weighted by Gasteiger charge is 2.42. The predicted octanol–water partition coefficient (Wildman–Crippen LogP) is 1.99. The fraction of sp³-hybridized carbons (Fsp3) is 0.571. The molecule has 0 amide bonds. The third kappa shape index (κ3) is 2.82. The van der Waals surface area contributed by atoms with Gasteiger partial charge in [-0.05, 0) is 43.7 Å². The van der Waals surface area contributed by atoms with Crippen LogP contribution in [0.4, 0.5) is 8.78 Å². The van der Waals surface area contributed by atoms with Gasteiger partial charge in [-0.2, -0.15) is 4.31 Å². The molecular weight excluding hydrogens is 298 g/mol. The van der Waals surface area contributed by atoms with E-state index in [0.29, 0.717) is 12.5 Å². The summed E-state index contributed by atoms with van der Waals surface area (Å²) in [5, 5.41) is 0. The molecule has 0 bridgehead atoms. The van der Waals surface area contributed by atoms with Crippen molar-refractivity contribution in [2.45, 2.75) is 43.2 Å². The van der Waals surface area contributed by atoms with Gasteiger partial charge in [-0.1, -0.05) is 0 Å². The molecule has 2 fully saturated rings. The average Bonchev–Trinajstić information content (AvgIpc) is 3.29. The first-order valence-corrected chi connectivity index (χ1v) is 8.58. The molecule has 21 heavy (non-hydrogen) atoms. The molecule has 0 aromatic heterocycles. The molecule has 0 unspecified atom stereocenters. The highest BCUT2D eigenvalue weighted by molar-refractivity contribution is 7.89. The van der Waals surface area contributed by atoms with E-state index in [1.807, 2.05) is 0 Å². The summed E-state index contributed by atoms with van der Waals surface area (Å²) in [6.07, 6.45) is 3.63. The van der Waals surface area contributed by atoms with Crippen LogP contribution in [0.3, 0.4) is 0 Å². The highest BCUT2D eigenvalue weighted by Crippen LogP contribution is 2.38. The van der Waals surface area contributed by atoms with Crippen LogP contribution in [0.1, 0.15) is 31.2 Å². The van der Waals surface area contributed by atoms with Crippen LogP contribution in [0, 0.1) is 17.6 Å². The van der Waals surface area contributed by atoms with Crippen LogP contribution in [0.25, 0.3) is 0 Å². The largest absolute Gasteiger partial charge is 0.326 e. The highest BCUT2D eigenvalue weighted by atomic mass is 32.2. The predicted molar refractivity (Wildman–Crippen MR) is 73.9 cm³/mol. The van der Waals surface area contributed by atoms with Crippen molar-refractivity contribution < 1.29 is 17.2 Å². The minimum absolute atomic E-state index is 0.0404. The molecule has 0 spiro atoms. The Morgan fingerprint density at radius 3 is 2.38 bits per heavy atom. The number of rotatable bonds is 6. The lowest BCUT2D eigenvalue weighted by Crippen LogP contribution is -2.35. The van der Waals surface area contributed by atoms with Crippen molar-refractivity contribution in [3.63, 3.8) is 0 Å². The lowest BCUT2D eigenvalue weighted by Gasteiger charge is -2.22. The van der Waals surface area contributed by atoms with Gasteiger partial charge in [-0.15, -0.1) is 0 Å². The average molecular weight is 316 g/mol. The van der Waals surface area contributed by atoms with Gasteiger partial charge in [0.15, 0.2) is 5.82 Å². The van der Waals surface area contributed by atoms with E-state index < -0.39 is 26.6 Å². The number of hydrogen-bond donors (Lipinski definition) is 1. The summed E-state index contributed by atoms with van der Waals surface area (Å²) in [5.41, 5.74) is 4.94. The fourth-order valence-corrected chi connectivity index (χ4v) is 4.30. The normalized spacial score (nSPS) is 19.2. The maximum atomic E-state index is 14.3. The van der Waals surface area contributed by atoms with Crippen LogP contribution in [0.15, 0.2) is 17.0 Å². The van der Waals surface area contributed by atoms with Crippen LogP contribution < -0.4 is 5.73 Å². The SMILES string of the molecule is NCc1c(F)ccc(S(=O)(=O)N(CC2CC2)C2CC2)c1F. The number of sulfonamides is 1. The molecule has 2 aliphatic carbocycles. The van der Waals surface area contributed by atoms with E-state index in [-0.39, 0.29) is 18.2 Å². The van der Waals surface area contributed by atoms with Crippen LogP contribution in [-0.2, 0) is 16.6 Å². The van der Waals surface area contributed by atoms with Gasteiger partial charge in [0.05, 0.1) is 0 Å². The van der Waals surface area contributed by atoms with Crippen LogP contribution in [0.2, 0.25) is 0 Å². The maximum Gasteiger partial charge on any atom is 0.246 e. The second-order valence-electron chi connectivity index (χ2n) is 5.79. The summed E-state index contributed by atoms with van der Waals surface area (Å²) in [4.78, 5) is -0.461. The second-order valence-corrected chi connectivity index (χ2v) is 7.65. The summed E-state index contributed by atoms with van der Waals surface area (Å²) < 4.78 is 54.6. The fourth-order valence-electron chi connectivity index (χ4n) is 2.45. The maximum absolute atomic E-state index is 14.3. The van der Waals surface area contributed by atoms with Crippen LogP contribution >= 0.6 is 0 Å². The van der Waals surface area contributed by atoms with E-state index in [2.05, 4.69) is 0 Å². The third-order valence-corrected chi connectivity index (χ3v) is 5.97. The zero-order valence-electron chi connectivity index (χ0n) is 11.6. The second kappa shape index (κ2) is 5.30. The Kier molecular flexibility index (Phi) is 3.75. The first-order valence-electron chi connectivity index (χ1n) is 7.14. The number of hydrogen-bond acceptors (Lipinski definition) is 3. The van der Waals surface area contributed by atoms with Gasteiger partial charge in [-0.25, -0.2) is 17.2 Å². The summed E-state index contributed by atoms with van der Waals surface area (Å²) in [6, 6.07) is 1.93. The number of benzene rings is 1. The van der Waals surface area contributed by atoms with Crippen molar-refractivity contribution in [3.05, 3.63) is 29.3 Å². The lowest BCUT2D eigenvalue weighted by molar-refractivity contribution is 0.385. The van der Waals surface area contributed by atoms with Gasteiger partial charge in [0.1, 0.15) is 10.7 Å². The first-order chi connectivity index (χ1) is 9.95. The molecule has 116 valence electrons. The molecule has 4 nitrogen and oxygen atoms in total. The Morgan fingerprint density at radius 2 is 1.86 bits per heavy atom. The van der Waals surface area contributed by atoms with Crippen molar-refractivity contribution in [2.75, 3.05) is 6.54 Å². The molecular formula is C14H18F2N2O2S. The van der Waals surface area contributed by atoms with E-state index in [1.165, 1.54) is 4.31 Å².